The summed E-state index contributed by atoms with van der Waals surface area (Å²) >= 11 is 0. The average Bonchev–Trinajstić information content (AvgIpc) is 3.05. The highest BCUT2D eigenvalue weighted by molar-refractivity contribution is 5.87. The first-order valence-electron chi connectivity index (χ1n) is 7.67. The van der Waals surface area contributed by atoms with Gasteiger partial charge >= 0.3 is 0 Å². The van der Waals surface area contributed by atoms with Gasteiger partial charge in [0, 0.05) is 35.8 Å². The van der Waals surface area contributed by atoms with Gasteiger partial charge in [0.1, 0.15) is 11.6 Å². The summed E-state index contributed by atoms with van der Waals surface area (Å²) in [7, 11) is 0. The molecule has 120 valence electrons. The third kappa shape index (κ3) is 3.15. The highest BCUT2D eigenvalue weighted by Gasteiger charge is 2.06. The Bertz CT molecular complexity index is 920. The van der Waals surface area contributed by atoms with Gasteiger partial charge in [0.05, 0.1) is 11.7 Å². The molecular weight excluding hydrogens is 303 g/mol. The first kappa shape index (κ1) is 15.8. The smallest absolute Gasteiger partial charge is 0.137 e. The van der Waals surface area contributed by atoms with E-state index in [0.717, 1.165) is 28.5 Å². The molecular formula is C19H17FN4. The SMILES string of the molecule is CC/C(F)=C\C(=C/C=N)c1ccc(-n2ccc3ccncc32)nc1. The zero-order chi connectivity index (χ0) is 16.9. The predicted octanol–water partition coefficient (Wildman–Crippen LogP) is 4.72. The summed E-state index contributed by atoms with van der Waals surface area (Å²) in [5, 5.41) is 8.34. The summed E-state index contributed by atoms with van der Waals surface area (Å²) in [6, 6.07) is 7.70. The molecule has 3 aromatic heterocycles. The van der Waals surface area contributed by atoms with Gasteiger partial charge in [0.2, 0.25) is 0 Å². The van der Waals surface area contributed by atoms with Gasteiger partial charge in [-0.15, -0.1) is 0 Å². The number of pyridine rings is 2. The summed E-state index contributed by atoms with van der Waals surface area (Å²) in [5.41, 5.74) is 2.37. The number of allylic oxidation sites excluding steroid dienone is 4. The van der Waals surface area contributed by atoms with Gasteiger partial charge in [0.15, 0.2) is 0 Å². The van der Waals surface area contributed by atoms with Crippen LogP contribution in [-0.4, -0.2) is 20.7 Å². The first-order valence-corrected chi connectivity index (χ1v) is 7.67. The Balaban J connectivity index is 1.98. The molecule has 4 nitrogen and oxygen atoms in total. The van der Waals surface area contributed by atoms with Crippen molar-refractivity contribution in [2.45, 2.75) is 13.3 Å². The highest BCUT2D eigenvalue weighted by atomic mass is 19.1. The van der Waals surface area contributed by atoms with Crippen LogP contribution in [0.25, 0.3) is 22.3 Å². The molecule has 0 spiro atoms. The summed E-state index contributed by atoms with van der Waals surface area (Å²) < 4.78 is 15.5. The second-order valence-electron chi connectivity index (χ2n) is 5.26. The Morgan fingerprint density at radius 1 is 1.25 bits per heavy atom. The monoisotopic (exact) mass is 320 g/mol. The van der Waals surface area contributed by atoms with Crippen LogP contribution in [0.2, 0.25) is 0 Å². The Morgan fingerprint density at radius 2 is 2.12 bits per heavy atom. The number of hydrogen-bond acceptors (Lipinski definition) is 3. The molecule has 0 atom stereocenters. The van der Waals surface area contributed by atoms with Crippen molar-refractivity contribution in [3.8, 4) is 5.82 Å². The van der Waals surface area contributed by atoms with Crippen LogP contribution < -0.4 is 0 Å². The molecule has 3 aromatic rings. The second kappa shape index (κ2) is 7.00. The third-order valence-corrected chi connectivity index (χ3v) is 3.74. The maximum Gasteiger partial charge on any atom is 0.137 e. The zero-order valence-electron chi connectivity index (χ0n) is 13.3. The molecule has 0 aliphatic heterocycles. The Labute approximate surface area is 139 Å². The van der Waals surface area contributed by atoms with Crippen molar-refractivity contribution in [1.29, 1.82) is 5.41 Å². The third-order valence-electron chi connectivity index (χ3n) is 3.74. The molecule has 1 N–H and O–H groups in total. The first-order chi connectivity index (χ1) is 11.7. The molecule has 5 heteroatoms. The van der Waals surface area contributed by atoms with E-state index in [9.17, 15) is 4.39 Å². The number of aromatic nitrogens is 3. The van der Waals surface area contributed by atoms with E-state index < -0.39 is 0 Å². The van der Waals surface area contributed by atoms with Gasteiger partial charge in [0.25, 0.3) is 0 Å². The van der Waals surface area contributed by atoms with Crippen LogP contribution in [0.3, 0.4) is 0 Å². The van der Waals surface area contributed by atoms with Gasteiger partial charge in [-0.05, 0) is 48.4 Å². The molecule has 3 heterocycles. The van der Waals surface area contributed by atoms with Crippen LogP contribution in [0.1, 0.15) is 18.9 Å². The van der Waals surface area contributed by atoms with Crippen LogP contribution >= 0.6 is 0 Å². The number of nitrogens with one attached hydrogen (secondary N) is 1. The molecule has 0 aliphatic rings. The minimum absolute atomic E-state index is 0.227. The Kier molecular flexibility index (Phi) is 4.61. The van der Waals surface area contributed by atoms with Crippen molar-refractivity contribution in [3.63, 3.8) is 0 Å². The molecule has 0 amide bonds. The molecule has 0 aromatic carbocycles. The van der Waals surface area contributed by atoms with Crippen LogP contribution in [0.4, 0.5) is 4.39 Å². The van der Waals surface area contributed by atoms with Crippen LogP contribution in [0.5, 0.6) is 0 Å². The summed E-state index contributed by atoms with van der Waals surface area (Å²) in [5.74, 6) is 0.533. The molecule has 0 aliphatic carbocycles. The lowest BCUT2D eigenvalue weighted by Crippen LogP contribution is -1.96. The minimum Gasteiger partial charge on any atom is -0.309 e. The number of fused-ring (bicyclic) bond motifs is 1. The van der Waals surface area contributed by atoms with Gasteiger partial charge < -0.3 is 5.41 Å². The fourth-order valence-electron chi connectivity index (χ4n) is 2.46. The lowest BCUT2D eigenvalue weighted by Gasteiger charge is -2.07. The summed E-state index contributed by atoms with van der Waals surface area (Å²) in [6.07, 6.45) is 11.6. The summed E-state index contributed by atoms with van der Waals surface area (Å²) in [6.45, 7) is 1.75. The number of halogens is 1. The van der Waals surface area contributed by atoms with E-state index in [1.165, 1.54) is 6.08 Å². The molecule has 0 unspecified atom stereocenters. The van der Waals surface area contributed by atoms with Gasteiger partial charge in [-0.2, -0.15) is 0 Å². The van der Waals surface area contributed by atoms with Crippen molar-refractivity contribution in [1.82, 2.24) is 14.5 Å². The van der Waals surface area contributed by atoms with Crippen molar-refractivity contribution in [2.75, 3.05) is 0 Å². The molecule has 3 rings (SSSR count). The molecule has 0 fully saturated rings. The lowest BCUT2D eigenvalue weighted by molar-refractivity contribution is 0.605. The van der Waals surface area contributed by atoms with Gasteiger partial charge in [-0.25, -0.2) is 9.37 Å². The predicted molar refractivity (Wildman–Crippen MR) is 95.1 cm³/mol. The van der Waals surface area contributed by atoms with Crippen molar-refractivity contribution in [2.24, 2.45) is 0 Å². The number of nitrogens with zero attached hydrogens (tertiary/aromatic N) is 3. The van der Waals surface area contributed by atoms with Crippen LogP contribution in [0.15, 0.2) is 67.0 Å². The van der Waals surface area contributed by atoms with E-state index in [1.807, 2.05) is 35.0 Å². The second-order valence-corrected chi connectivity index (χ2v) is 5.26. The highest BCUT2D eigenvalue weighted by Crippen LogP contribution is 2.22. The fraction of sp³-hybridized carbons (Fsp3) is 0.105. The van der Waals surface area contributed by atoms with Crippen LogP contribution in [0, 0.1) is 5.41 Å². The van der Waals surface area contributed by atoms with Crippen molar-refractivity contribution >= 4 is 22.7 Å². The normalized spacial score (nSPS) is 12.6. The van der Waals surface area contributed by atoms with E-state index in [4.69, 9.17) is 5.41 Å². The molecule has 0 saturated heterocycles. The van der Waals surface area contributed by atoms with E-state index in [1.54, 1.807) is 31.6 Å². The van der Waals surface area contributed by atoms with Gasteiger partial charge in [-0.3, -0.25) is 9.55 Å². The van der Waals surface area contributed by atoms with Crippen molar-refractivity contribution in [3.05, 3.63) is 72.6 Å². The Morgan fingerprint density at radius 3 is 2.83 bits per heavy atom. The maximum absolute atomic E-state index is 13.6. The molecule has 24 heavy (non-hydrogen) atoms. The largest absolute Gasteiger partial charge is 0.309 e. The standard InChI is InChI=1S/C19H17FN4/c1-2-17(20)11-15(5-8-21)16-3-4-19(23-12-16)24-10-7-14-6-9-22-13-18(14)24/h3-13,21H,2H2,1H3/b15-5+,17-11+,21-8?. The molecule has 0 bridgehead atoms. The average molecular weight is 320 g/mol. The number of hydrogen-bond donors (Lipinski definition) is 1. The van der Waals surface area contributed by atoms with E-state index in [2.05, 4.69) is 9.97 Å². The maximum atomic E-state index is 13.6. The Hall–Kier alpha value is -3.08. The quantitative estimate of drug-likeness (QED) is 0.546. The van der Waals surface area contributed by atoms with Gasteiger partial charge in [-0.1, -0.05) is 6.92 Å². The van der Waals surface area contributed by atoms with E-state index in [0.29, 0.717) is 12.0 Å². The molecule has 0 radical (unpaired) electrons. The van der Waals surface area contributed by atoms with E-state index >= 15 is 0 Å². The number of rotatable bonds is 5. The molecule has 0 saturated carbocycles. The minimum atomic E-state index is -0.227. The summed E-state index contributed by atoms with van der Waals surface area (Å²) in [4.78, 5) is 8.63. The fourth-order valence-corrected chi connectivity index (χ4v) is 2.46. The topological polar surface area (TPSA) is 54.6 Å². The zero-order valence-corrected chi connectivity index (χ0v) is 13.3. The van der Waals surface area contributed by atoms with Crippen molar-refractivity contribution < 1.29 is 4.39 Å². The van der Waals surface area contributed by atoms with Crippen LogP contribution in [-0.2, 0) is 0 Å². The lowest BCUT2D eigenvalue weighted by atomic mass is 10.1. The van der Waals surface area contributed by atoms with E-state index in [-0.39, 0.29) is 5.83 Å².